The Morgan fingerprint density at radius 2 is 1.80 bits per heavy atom. The SMILES string of the molecule is COC(=O)c1nnn([C@H]2C[C@@H](C(=O)Nc3cccc(SC)c3)N(Cc3cccc(C(F)(F)F)c3)C2)c1C(=O)OC. The van der Waals surface area contributed by atoms with Gasteiger partial charge >= 0.3 is 18.1 Å². The van der Waals surface area contributed by atoms with E-state index in [2.05, 4.69) is 15.6 Å². The number of halogens is 3. The van der Waals surface area contributed by atoms with E-state index in [0.717, 1.165) is 31.2 Å². The molecule has 0 radical (unpaired) electrons. The first-order valence-electron chi connectivity index (χ1n) is 12.0. The third-order valence-corrected chi connectivity index (χ3v) is 7.18. The van der Waals surface area contributed by atoms with Crippen LogP contribution in [-0.2, 0) is 27.0 Å². The number of nitrogens with one attached hydrogen (secondary N) is 1. The average molecular weight is 578 g/mol. The number of amides is 1. The number of carbonyl (C=O) groups excluding carboxylic acids is 3. The molecular weight excluding hydrogens is 551 g/mol. The van der Waals surface area contributed by atoms with Gasteiger partial charge in [0.05, 0.1) is 31.9 Å². The van der Waals surface area contributed by atoms with Crippen LogP contribution in [0, 0.1) is 0 Å². The fraction of sp³-hybridized carbons (Fsp3) is 0.346. The van der Waals surface area contributed by atoms with E-state index in [9.17, 15) is 27.6 Å². The highest BCUT2D eigenvalue weighted by atomic mass is 32.2. The quantitative estimate of drug-likeness (QED) is 0.313. The van der Waals surface area contributed by atoms with Crippen molar-refractivity contribution in [1.29, 1.82) is 0 Å². The van der Waals surface area contributed by atoms with Crippen molar-refractivity contribution in [1.82, 2.24) is 19.9 Å². The Bertz CT molecular complexity index is 1410. The van der Waals surface area contributed by atoms with Crippen LogP contribution in [-0.4, -0.2) is 70.8 Å². The van der Waals surface area contributed by atoms with Crippen LogP contribution in [0.25, 0.3) is 0 Å². The predicted octanol–water partition coefficient (Wildman–Crippen LogP) is 4.05. The fourth-order valence-electron chi connectivity index (χ4n) is 4.58. The lowest BCUT2D eigenvalue weighted by Gasteiger charge is -2.24. The molecule has 3 aromatic rings. The maximum absolute atomic E-state index is 13.5. The van der Waals surface area contributed by atoms with Crippen LogP contribution in [0.2, 0.25) is 0 Å². The van der Waals surface area contributed by atoms with Gasteiger partial charge in [0.15, 0.2) is 5.69 Å². The molecule has 40 heavy (non-hydrogen) atoms. The van der Waals surface area contributed by atoms with Gasteiger partial charge in [-0.3, -0.25) is 9.69 Å². The van der Waals surface area contributed by atoms with Gasteiger partial charge in [0, 0.05) is 23.7 Å². The van der Waals surface area contributed by atoms with Crippen molar-refractivity contribution in [3.8, 4) is 0 Å². The van der Waals surface area contributed by atoms with E-state index in [1.807, 2.05) is 18.4 Å². The summed E-state index contributed by atoms with van der Waals surface area (Å²) in [5.74, 6) is -2.16. The molecule has 0 bridgehead atoms. The largest absolute Gasteiger partial charge is 0.464 e. The number of nitrogens with zero attached hydrogens (tertiary/aromatic N) is 4. The summed E-state index contributed by atoms with van der Waals surface area (Å²) < 4.78 is 50.8. The molecule has 212 valence electrons. The number of hydrogen-bond donors (Lipinski definition) is 1. The molecule has 0 aliphatic carbocycles. The van der Waals surface area contributed by atoms with Gasteiger partial charge in [0.2, 0.25) is 11.6 Å². The summed E-state index contributed by atoms with van der Waals surface area (Å²) in [4.78, 5) is 40.9. The number of likely N-dealkylation sites (tertiary alicyclic amines) is 1. The number of alkyl halides is 3. The molecule has 1 aromatic heterocycles. The maximum atomic E-state index is 13.5. The highest BCUT2D eigenvalue weighted by Gasteiger charge is 2.41. The van der Waals surface area contributed by atoms with Crippen molar-refractivity contribution in [2.45, 2.75) is 36.1 Å². The van der Waals surface area contributed by atoms with E-state index in [0.29, 0.717) is 11.3 Å². The third-order valence-electron chi connectivity index (χ3n) is 6.46. The minimum absolute atomic E-state index is 0.00940. The molecule has 10 nitrogen and oxygen atoms in total. The monoisotopic (exact) mass is 577 g/mol. The van der Waals surface area contributed by atoms with E-state index >= 15 is 0 Å². The van der Waals surface area contributed by atoms with Crippen molar-refractivity contribution >= 4 is 35.3 Å². The molecule has 2 atom stereocenters. The first-order chi connectivity index (χ1) is 19.0. The number of anilines is 1. The van der Waals surface area contributed by atoms with Gasteiger partial charge < -0.3 is 14.8 Å². The first-order valence-corrected chi connectivity index (χ1v) is 13.2. The molecule has 14 heteroatoms. The Labute approximate surface area is 231 Å². The van der Waals surface area contributed by atoms with Gasteiger partial charge in [-0.05, 0) is 42.5 Å². The maximum Gasteiger partial charge on any atom is 0.416 e. The van der Waals surface area contributed by atoms with Gasteiger partial charge in [-0.15, -0.1) is 16.9 Å². The van der Waals surface area contributed by atoms with Crippen molar-refractivity contribution in [3.05, 3.63) is 71.0 Å². The zero-order valence-corrected chi connectivity index (χ0v) is 22.6. The second kappa shape index (κ2) is 12.1. The van der Waals surface area contributed by atoms with E-state index in [-0.39, 0.29) is 36.8 Å². The number of methoxy groups -OCH3 is 2. The van der Waals surface area contributed by atoms with Crippen molar-refractivity contribution < 1.29 is 37.0 Å². The van der Waals surface area contributed by atoms with E-state index in [1.54, 1.807) is 23.1 Å². The predicted molar refractivity (Wildman–Crippen MR) is 139 cm³/mol. The van der Waals surface area contributed by atoms with E-state index in [1.165, 1.54) is 22.5 Å². The molecule has 0 saturated carbocycles. The number of carbonyl (C=O) groups is 3. The van der Waals surface area contributed by atoms with Crippen molar-refractivity contribution in [2.75, 3.05) is 32.3 Å². The Morgan fingerprint density at radius 3 is 2.48 bits per heavy atom. The van der Waals surface area contributed by atoms with Crippen LogP contribution in [0.4, 0.5) is 18.9 Å². The van der Waals surface area contributed by atoms with Crippen LogP contribution in [0.15, 0.2) is 53.4 Å². The molecule has 1 aliphatic rings. The Morgan fingerprint density at radius 1 is 1.07 bits per heavy atom. The number of aromatic nitrogens is 3. The number of rotatable bonds is 8. The molecule has 1 saturated heterocycles. The molecule has 1 amide bonds. The highest BCUT2D eigenvalue weighted by molar-refractivity contribution is 7.98. The lowest BCUT2D eigenvalue weighted by Crippen LogP contribution is -2.39. The summed E-state index contributed by atoms with van der Waals surface area (Å²) in [6.45, 7) is 0.128. The number of thioether (sulfide) groups is 1. The molecule has 2 heterocycles. The number of ether oxygens (including phenoxy) is 2. The molecule has 1 fully saturated rings. The summed E-state index contributed by atoms with van der Waals surface area (Å²) in [5.41, 5.74) is -0.488. The normalized spacial score (nSPS) is 17.4. The smallest absolute Gasteiger partial charge is 0.416 e. The van der Waals surface area contributed by atoms with Crippen LogP contribution in [0.5, 0.6) is 0 Å². The molecule has 2 aromatic carbocycles. The Kier molecular flexibility index (Phi) is 8.79. The topological polar surface area (TPSA) is 116 Å². The van der Waals surface area contributed by atoms with Crippen molar-refractivity contribution in [2.24, 2.45) is 0 Å². The third kappa shape index (κ3) is 6.28. The van der Waals surface area contributed by atoms with Crippen LogP contribution >= 0.6 is 11.8 Å². The van der Waals surface area contributed by atoms with Crippen LogP contribution in [0.1, 0.15) is 44.6 Å². The molecule has 0 spiro atoms. The summed E-state index contributed by atoms with van der Waals surface area (Å²) >= 11 is 1.50. The first kappa shape index (κ1) is 29.1. The minimum Gasteiger partial charge on any atom is -0.464 e. The van der Waals surface area contributed by atoms with Gasteiger partial charge in [-0.2, -0.15) is 13.2 Å². The highest BCUT2D eigenvalue weighted by Crippen LogP contribution is 2.33. The van der Waals surface area contributed by atoms with Gasteiger partial charge in [0.25, 0.3) is 0 Å². The second-order valence-corrected chi connectivity index (χ2v) is 9.85. The molecule has 4 rings (SSSR count). The summed E-state index contributed by atoms with van der Waals surface area (Å²) in [7, 11) is 2.26. The lowest BCUT2D eigenvalue weighted by atomic mass is 10.1. The van der Waals surface area contributed by atoms with Gasteiger partial charge in [0.1, 0.15) is 0 Å². The average Bonchev–Trinajstić information content (AvgIpc) is 3.56. The zero-order chi connectivity index (χ0) is 29.0. The standard InChI is InChI=1S/C26H26F3N5O5S/c1-38-24(36)21-22(25(37)39-2)34(32-31-21)18-12-20(23(35)30-17-8-5-9-19(11-17)40-3)33(14-18)13-15-6-4-7-16(10-15)26(27,28)29/h4-11,18,20H,12-14H2,1-3H3,(H,30,35)/t18-,20-/m0/s1. The minimum atomic E-state index is -4.52. The number of benzene rings is 2. The van der Waals surface area contributed by atoms with Crippen LogP contribution < -0.4 is 5.32 Å². The molecular formula is C26H26F3N5O5S. The van der Waals surface area contributed by atoms with E-state index in [4.69, 9.17) is 9.47 Å². The molecule has 0 unspecified atom stereocenters. The molecule has 1 N–H and O–H groups in total. The van der Waals surface area contributed by atoms with Gasteiger partial charge in [-0.25, -0.2) is 14.3 Å². The molecule has 1 aliphatic heterocycles. The van der Waals surface area contributed by atoms with E-state index < -0.39 is 35.8 Å². The number of hydrogen-bond acceptors (Lipinski definition) is 9. The van der Waals surface area contributed by atoms with Gasteiger partial charge in [-0.1, -0.05) is 29.5 Å². The summed E-state index contributed by atoms with van der Waals surface area (Å²) in [6.07, 6.45) is -2.50. The number of esters is 2. The fourth-order valence-corrected chi connectivity index (χ4v) is 5.04. The van der Waals surface area contributed by atoms with Crippen LogP contribution in [0.3, 0.4) is 0 Å². The zero-order valence-electron chi connectivity index (χ0n) is 21.8. The second-order valence-electron chi connectivity index (χ2n) is 8.97. The van der Waals surface area contributed by atoms with Crippen molar-refractivity contribution in [3.63, 3.8) is 0 Å². The summed E-state index contributed by atoms with van der Waals surface area (Å²) in [6, 6.07) is 10.6. The lowest BCUT2D eigenvalue weighted by molar-refractivity contribution is -0.137. The summed E-state index contributed by atoms with van der Waals surface area (Å²) in [5, 5.41) is 10.7. The Balaban J connectivity index is 1.68. The Hall–Kier alpha value is -3.91.